The number of hydrogen-bond donors (Lipinski definition) is 1. The second-order valence-corrected chi connectivity index (χ2v) is 3.79. The molecule has 1 aromatic rings. The molecule has 5 heteroatoms. The summed E-state index contributed by atoms with van der Waals surface area (Å²) in [7, 11) is 1.61. The van der Waals surface area contributed by atoms with Crippen LogP contribution in [-0.4, -0.2) is 38.8 Å². The van der Waals surface area contributed by atoms with Crippen LogP contribution in [0.2, 0.25) is 0 Å². The molecule has 1 aliphatic rings. The Kier molecular flexibility index (Phi) is 3.61. The maximum absolute atomic E-state index is 12.1. The van der Waals surface area contributed by atoms with Gasteiger partial charge in [-0.25, -0.2) is 0 Å². The number of benzene rings is 1. The first-order valence-corrected chi connectivity index (χ1v) is 5.54. The lowest BCUT2D eigenvalue weighted by atomic mass is 10.1. The second kappa shape index (κ2) is 5.16. The van der Waals surface area contributed by atoms with Gasteiger partial charge in [0.15, 0.2) is 6.10 Å². The number of para-hydroxylation sites is 2. The number of methoxy groups -OCH3 is 1. The smallest absolute Gasteiger partial charge is 0.269 e. The molecule has 0 saturated carbocycles. The van der Waals surface area contributed by atoms with Crippen LogP contribution < -0.4 is 15.4 Å². The molecular formula is C12H16N2O3. The Morgan fingerprint density at radius 1 is 1.47 bits per heavy atom. The summed E-state index contributed by atoms with van der Waals surface area (Å²) in [5, 5.41) is 0. The number of carbonyl (C=O) groups is 1. The van der Waals surface area contributed by atoms with E-state index in [-0.39, 0.29) is 12.5 Å². The first-order chi connectivity index (χ1) is 8.27. The van der Waals surface area contributed by atoms with Crippen molar-refractivity contribution in [2.24, 2.45) is 5.73 Å². The Hall–Kier alpha value is -1.59. The number of rotatable bonds is 4. The fourth-order valence-electron chi connectivity index (χ4n) is 1.84. The predicted octanol–water partition coefficient (Wildman–Crippen LogP) is 0.386. The zero-order valence-corrected chi connectivity index (χ0v) is 9.76. The zero-order chi connectivity index (χ0) is 12.3. The number of hydrogen-bond acceptors (Lipinski definition) is 4. The van der Waals surface area contributed by atoms with Crippen molar-refractivity contribution in [2.45, 2.75) is 6.10 Å². The van der Waals surface area contributed by atoms with Gasteiger partial charge in [-0.05, 0) is 12.1 Å². The van der Waals surface area contributed by atoms with Crippen LogP contribution >= 0.6 is 0 Å². The van der Waals surface area contributed by atoms with Crippen molar-refractivity contribution < 1.29 is 14.3 Å². The predicted molar refractivity (Wildman–Crippen MR) is 64.1 cm³/mol. The highest BCUT2D eigenvalue weighted by molar-refractivity contribution is 6.00. The molecule has 0 saturated heterocycles. The van der Waals surface area contributed by atoms with E-state index >= 15 is 0 Å². The van der Waals surface area contributed by atoms with Crippen LogP contribution in [0.5, 0.6) is 5.75 Å². The number of anilines is 1. The third-order valence-electron chi connectivity index (χ3n) is 2.70. The van der Waals surface area contributed by atoms with Crippen LogP contribution in [0, 0.1) is 0 Å². The third kappa shape index (κ3) is 2.25. The van der Waals surface area contributed by atoms with Crippen molar-refractivity contribution >= 4 is 11.6 Å². The van der Waals surface area contributed by atoms with E-state index in [2.05, 4.69) is 0 Å². The summed E-state index contributed by atoms with van der Waals surface area (Å²) in [6, 6.07) is 7.44. The van der Waals surface area contributed by atoms with Gasteiger partial charge in [-0.3, -0.25) is 4.79 Å². The highest BCUT2D eigenvalue weighted by atomic mass is 16.5. The number of amides is 1. The van der Waals surface area contributed by atoms with Gasteiger partial charge in [0.25, 0.3) is 5.91 Å². The maximum atomic E-state index is 12.1. The zero-order valence-electron chi connectivity index (χ0n) is 9.76. The van der Waals surface area contributed by atoms with E-state index in [1.165, 1.54) is 0 Å². The highest BCUT2D eigenvalue weighted by Gasteiger charge is 2.32. The van der Waals surface area contributed by atoms with Gasteiger partial charge in [-0.2, -0.15) is 0 Å². The van der Waals surface area contributed by atoms with Crippen molar-refractivity contribution in [1.29, 1.82) is 0 Å². The molecule has 5 nitrogen and oxygen atoms in total. The van der Waals surface area contributed by atoms with Crippen molar-refractivity contribution in [1.82, 2.24) is 0 Å². The quantitative estimate of drug-likeness (QED) is 0.821. The Labute approximate surface area is 100 Å². The fraction of sp³-hybridized carbons (Fsp3) is 0.417. The average molecular weight is 236 g/mol. The van der Waals surface area contributed by atoms with E-state index in [0.29, 0.717) is 18.9 Å². The minimum absolute atomic E-state index is 0.108. The van der Waals surface area contributed by atoms with Crippen LogP contribution in [0.3, 0.4) is 0 Å². The minimum Gasteiger partial charge on any atom is -0.477 e. The molecule has 0 aromatic heterocycles. The van der Waals surface area contributed by atoms with Crippen LogP contribution in [0.4, 0.5) is 5.69 Å². The second-order valence-electron chi connectivity index (χ2n) is 3.79. The molecule has 0 fully saturated rings. The van der Waals surface area contributed by atoms with Gasteiger partial charge < -0.3 is 20.1 Å². The average Bonchev–Trinajstić information content (AvgIpc) is 2.37. The molecule has 1 unspecified atom stereocenters. The summed E-state index contributed by atoms with van der Waals surface area (Å²) in [6.45, 7) is 1.17. The van der Waals surface area contributed by atoms with Gasteiger partial charge in [0, 0.05) is 20.2 Å². The number of ether oxygens (including phenoxy) is 2. The summed E-state index contributed by atoms with van der Waals surface area (Å²) < 4.78 is 10.6. The van der Waals surface area contributed by atoms with Crippen molar-refractivity contribution in [3.05, 3.63) is 24.3 Å². The monoisotopic (exact) mass is 236 g/mol. The molecule has 1 heterocycles. The summed E-state index contributed by atoms with van der Waals surface area (Å²) in [4.78, 5) is 13.8. The molecule has 1 amide bonds. The van der Waals surface area contributed by atoms with Crippen LogP contribution in [0.1, 0.15) is 0 Å². The Bertz CT molecular complexity index is 408. The Morgan fingerprint density at radius 3 is 2.94 bits per heavy atom. The molecule has 1 atom stereocenters. The maximum Gasteiger partial charge on any atom is 0.269 e. The highest BCUT2D eigenvalue weighted by Crippen LogP contribution is 2.33. The molecule has 0 radical (unpaired) electrons. The van der Waals surface area contributed by atoms with E-state index in [0.717, 1.165) is 5.69 Å². The third-order valence-corrected chi connectivity index (χ3v) is 2.70. The molecule has 2 rings (SSSR count). The lowest BCUT2D eigenvalue weighted by Crippen LogP contribution is -2.50. The minimum atomic E-state index is -0.596. The lowest BCUT2D eigenvalue weighted by Gasteiger charge is -2.33. The Balaban J connectivity index is 2.30. The number of nitrogens with two attached hydrogens (primary N) is 1. The van der Waals surface area contributed by atoms with Gasteiger partial charge >= 0.3 is 0 Å². The SMILES string of the molecule is COCCN1C(=O)C(CN)Oc2ccccc21. The molecule has 2 N–H and O–H groups in total. The van der Waals surface area contributed by atoms with E-state index in [9.17, 15) is 4.79 Å². The topological polar surface area (TPSA) is 64.8 Å². The number of carbonyl (C=O) groups excluding carboxylic acids is 1. The molecule has 0 bridgehead atoms. The molecule has 0 aliphatic carbocycles. The first-order valence-electron chi connectivity index (χ1n) is 5.54. The molecule has 17 heavy (non-hydrogen) atoms. The number of fused-ring (bicyclic) bond motifs is 1. The molecular weight excluding hydrogens is 220 g/mol. The van der Waals surface area contributed by atoms with Crippen molar-refractivity contribution in [2.75, 3.05) is 31.7 Å². The molecule has 0 spiro atoms. The number of nitrogens with zero attached hydrogens (tertiary/aromatic N) is 1. The summed E-state index contributed by atoms with van der Waals surface area (Å²) in [5.41, 5.74) is 6.32. The van der Waals surface area contributed by atoms with Gasteiger partial charge in [0.2, 0.25) is 0 Å². The Morgan fingerprint density at radius 2 is 2.24 bits per heavy atom. The summed E-state index contributed by atoms with van der Waals surface area (Å²) in [5.74, 6) is 0.585. The molecule has 92 valence electrons. The summed E-state index contributed by atoms with van der Waals surface area (Å²) >= 11 is 0. The van der Waals surface area contributed by atoms with E-state index in [4.69, 9.17) is 15.2 Å². The van der Waals surface area contributed by atoms with E-state index in [1.807, 2.05) is 24.3 Å². The van der Waals surface area contributed by atoms with Crippen LogP contribution in [0.15, 0.2) is 24.3 Å². The largest absolute Gasteiger partial charge is 0.477 e. The van der Waals surface area contributed by atoms with Crippen LogP contribution in [0.25, 0.3) is 0 Å². The van der Waals surface area contributed by atoms with Gasteiger partial charge in [0.1, 0.15) is 5.75 Å². The molecule has 1 aromatic carbocycles. The summed E-state index contributed by atoms with van der Waals surface area (Å²) in [6.07, 6.45) is -0.596. The molecule has 1 aliphatic heterocycles. The van der Waals surface area contributed by atoms with Crippen molar-refractivity contribution in [3.8, 4) is 5.75 Å². The van der Waals surface area contributed by atoms with Gasteiger partial charge in [-0.1, -0.05) is 12.1 Å². The van der Waals surface area contributed by atoms with Crippen molar-refractivity contribution in [3.63, 3.8) is 0 Å². The first kappa shape index (κ1) is 11.9. The van der Waals surface area contributed by atoms with E-state index < -0.39 is 6.10 Å². The normalized spacial score (nSPS) is 18.8. The van der Waals surface area contributed by atoms with Gasteiger partial charge in [-0.15, -0.1) is 0 Å². The fourth-order valence-corrected chi connectivity index (χ4v) is 1.84. The van der Waals surface area contributed by atoms with Gasteiger partial charge in [0.05, 0.1) is 12.3 Å². The standard InChI is InChI=1S/C12H16N2O3/c1-16-7-6-14-9-4-2-3-5-10(9)17-11(8-13)12(14)15/h2-5,11H,6-8,13H2,1H3. The lowest BCUT2D eigenvalue weighted by molar-refractivity contribution is -0.126. The van der Waals surface area contributed by atoms with E-state index in [1.54, 1.807) is 12.0 Å². The van der Waals surface area contributed by atoms with Crippen LogP contribution in [-0.2, 0) is 9.53 Å².